The lowest BCUT2D eigenvalue weighted by atomic mass is 9.93. The van der Waals surface area contributed by atoms with E-state index in [0.29, 0.717) is 5.54 Å². The maximum atomic E-state index is 3.48. The van der Waals surface area contributed by atoms with Gasteiger partial charge in [-0.25, -0.2) is 0 Å². The molecule has 1 unspecified atom stereocenters. The minimum Gasteiger partial charge on any atom is -0.312 e. The molecule has 1 fully saturated rings. The lowest BCUT2D eigenvalue weighted by Crippen LogP contribution is -2.46. The molecule has 1 rings (SSSR count). The van der Waals surface area contributed by atoms with Crippen LogP contribution in [0.15, 0.2) is 0 Å². The van der Waals surface area contributed by atoms with Gasteiger partial charge in [0.1, 0.15) is 0 Å². The molecule has 2 heteroatoms. The zero-order valence-electron chi connectivity index (χ0n) is 6.08. The highest BCUT2D eigenvalue weighted by Gasteiger charge is 2.25. The summed E-state index contributed by atoms with van der Waals surface area (Å²) in [6.07, 6.45) is 2.65. The Morgan fingerprint density at radius 1 is 1.56 bits per heavy atom. The van der Waals surface area contributed by atoms with Gasteiger partial charge in [0.25, 0.3) is 0 Å². The zero-order chi connectivity index (χ0) is 6.91. The summed E-state index contributed by atoms with van der Waals surface area (Å²) < 4.78 is 0.888. The molecule has 1 heterocycles. The fourth-order valence-electron chi connectivity index (χ4n) is 1.30. The van der Waals surface area contributed by atoms with Crippen molar-refractivity contribution in [1.82, 2.24) is 5.32 Å². The molecular formula is C7H14IN. The average Bonchev–Trinajstić information content (AvgIpc) is 1.60. The number of piperidine rings is 1. The molecule has 1 aliphatic rings. The van der Waals surface area contributed by atoms with Crippen molar-refractivity contribution in [2.75, 3.05) is 6.54 Å². The summed E-state index contributed by atoms with van der Waals surface area (Å²) in [4.78, 5) is 0. The molecule has 0 radical (unpaired) electrons. The number of nitrogens with one attached hydrogen (secondary N) is 1. The maximum absolute atomic E-state index is 3.48. The second kappa shape index (κ2) is 2.74. The van der Waals surface area contributed by atoms with Gasteiger partial charge in [0.15, 0.2) is 0 Å². The number of alkyl halides is 1. The Morgan fingerprint density at radius 2 is 2.22 bits per heavy atom. The first-order chi connectivity index (χ1) is 4.10. The van der Waals surface area contributed by atoms with Crippen LogP contribution in [0.1, 0.15) is 26.7 Å². The highest BCUT2D eigenvalue weighted by Crippen LogP contribution is 2.23. The Morgan fingerprint density at radius 3 is 2.56 bits per heavy atom. The largest absolute Gasteiger partial charge is 0.312 e. The van der Waals surface area contributed by atoms with Crippen LogP contribution < -0.4 is 5.32 Å². The van der Waals surface area contributed by atoms with Gasteiger partial charge in [-0.05, 0) is 33.2 Å². The number of rotatable bonds is 0. The normalized spacial score (nSPS) is 34.3. The smallest absolute Gasteiger partial charge is 0.0139 e. The maximum Gasteiger partial charge on any atom is 0.0139 e. The summed E-state index contributed by atoms with van der Waals surface area (Å²) in [5.74, 6) is 0. The quantitative estimate of drug-likeness (QED) is 0.503. The average molecular weight is 239 g/mol. The standard InChI is InChI=1S/C7H14IN/c1-7(2)5-6(8)3-4-9-7/h6,9H,3-5H2,1-2H3. The van der Waals surface area contributed by atoms with Gasteiger partial charge in [0.05, 0.1) is 0 Å². The molecule has 0 aromatic carbocycles. The first-order valence-electron chi connectivity index (χ1n) is 3.49. The Bertz CT molecular complexity index is 101. The highest BCUT2D eigenvalue weighted by atomic mass is 127. The third kappa shape index (κ3) is 2.42. The number of hydrogen-bond donors (Lipinski definition) is 1. The van der Waals surface area contributed by atoms with E-state index in [2.05, 4.69) is 41.8 Å². The van der Waals surface area contributed by atoms with Crippen LogP contribution in [-0.4, -0.2) is 16.0 Å². The molecule has 0 bridgehead atoms. The fourth-order valence-corrected chi connectivity index (χ4v) is 2.71. The fraction of sp³-hybridized carbons (Fsp3) is 1.00. The zero-order valence-corrected chi connectivity index (χ0v) is 8.23. The van der Waals surface area contributed by atoms with E-state index in [1.54, 1.807) is 0 Å². The van der Waals surface area contributed by atoms with Crippen LogP contribution >= 0.6 is 22.6 Å². The molecule has 1 N–H and O–H groups in total. The van der Waals surface area contributed by atoms with Gasteiger partial charge in [-0.3, -0.25) is 0 Å². The SMILES string of the molecule is CC1(C)CC(I)CCN1. The van der Waals surface area contributed by atoms with Crippen molar-refractivity contribution >= 4 is 22.6 Å². The second-order valence-electron chi connectivity index (χ2n) is 3.40. The van der Waals surface area contributed by atoms with Crippen LogP contribution in [0.5, 0.6) is 0 Å². The first kappa shape index (κ1) is 7.79. The summed E-state index contributed by atoms with van der Waals surface area (Å²) in [5, 5.41) is 3.48. The van der Waals surface area contributed by atoms with Crippen molar-refractivity contribution in [1.29, 1.82) is 0 Å². The topological polar surface area (TPSA) is 12.0 Å². The van der Waals surface area contributed by atoms with E-state index < -0.39 is 0 Å². The van der Waals surface area contributed by atoms with Gasteiger partial charge in [-0.1, -0.05) is 22.6 Å². The molecule has 0 spiro atoms. The van der Waals surface area contributed by atoms with Crippen molar-refractivity contribution < 1.29 is 0 Å². The van der Waals surface area contributed by atoms with Crippen LogP contribution in [0, 0.1) is 0 Å². The van der Waals surface area contributed by atoms with E-state index in [1.807, 2.05) is 0 Å². The number of hydrogen-bond acceptors (Lipinski definition) is 1. The molecule has 0 aromatic rings. The minimum atomic E-state index is 0.393. The Balaban J connectivity index is 2.41. The Hall–Kier alpha value is 0.690. The van der Waals surface area contributed by atoms with Crippen LogP contribution in [0.3, 0.4) is 0 Å². The lowest BCUT2D eigenvalue weighted by Gasteiger charge is -2.33. The predicted molar refractivity (Wildman–Crippen MR) is 49.1 cm³/mol. The third-order valence-electron chi connectivity index (χ3n) is 1.79. The summed E-state index contributed by atoms with van der Waals surface area (Å²) >= 11 is 2.54. The highest BCUT2D eigenvalue weighted by molar-refractivity contribution is 14.1. The van der Waals surface area contributed by atoms with Gasteiger partial charge in [-0.2, -0.15) is 0 Å². The second-order valence-corrected chi connectivity index (χ2v) is 5.16. The molecule has 1 aliphatic heterocycles. The van der Waals surface area contributed by atoms with Crippen molar-refractivity contribution in [3.63, 3.8) is 0 Å². The van der Waals surface area contributed by atoms with Gasteiger partial charge in [0, 0.05) is 9.46 Å². The van der Waals surface area contributed by atoms with Crippen LogP contribution in [-0.2, 0) is 0 Å². The van der Waals surface area contributed by atoms with Crippen LogP contribution in [0.25, 0.3) is 0 Å². The predicted octanol–water partition coefficient (Wildman–Crippen LogP) is 1.95. The molecule has 9 heavy (non-hydrogen) atoms. The van der Waals surface area contributed by atoms with E-state index in [0.717, 1.165) is 3.92 Å². The summed E-state index contributed by atoms with van der Waals surface area (Å²) in [7, 11) is 0. The molecular weight excluding hydrogens is 225 g/mol. The third-order valence-corrected chi connectivity index (χ3v) is 2.86. The summed E-state index contributed by atoms with van der Waals surface area (Å²) in [6.45, 7) is 5.75. The van der Waals surface area contributed by atoms with E-state index in [1.165, 1.54) is 19.4 Å². The molecule has 0 amide bonds. The summed E-state index contributed by atoms with van der Waals surface area (Å²) in [6, 6.07) is 0. The van der Waals surface area contributed by atoms with Gasteiger partial charge in [0.2, 0.25) is 0 Å². The number of halogens is 1. The first-order valence-corrected chi connectivity index (χ1v) is 4.74. The minimum absolute atomic E-state index is 0.393. The van der Waals surface area contributed by atoms with Gasteiger partial charge < -0.3 is 5.32 Å². The lowest BCUT2D eigenvalue weighted by molar-refractivity contribution is 0.316. The van der Waals surface area contributed by atoms with E-state index in [9.17, 15) is 0 Å². The van der Waals surface area contributed by atoms with E-state index in [-0.39, 0.29) is 0 Å². The van der Waals surface area contributed by atoms with Crippen molar-refractivity contribution in [2.45, 2.75) is 36.2 Å². The van der Waals surface area contributed by atoms with Crippen LogP contribution in [0.4, 0.5) is 0 Å². The summed E-state index contributed by atoms with van der Waals surface area (Å²) in [5.41, 5.74) is 0.393. The molecule has 1 atom stereocenters. The van der Waals surface area contributed by atoms with Crippen molar-refractivity contribution in [3.05, 3.63) is 0 Å². The van der Waals surface area contributed by atoms with Gasteiger partial charge in [-0.15, -0.1) is 0 Å². The monoisotopic (exact) mass is 239 g/mol. The van der Waals surface area contributed by atoms with Crippen molar-refractivity contribution in [2.24, 2.45) is 0 Å². The molecule has 1 saturated heterocycles. The molecule has 0 saturated carbocycles. The Labute approximate surface area is 70.7 Å². The van der Waals surface area contributed by atoms with Gasteiger partial charge >= 0.3 is 0 Å². The molecule has 1 nitrogen and oxygen atoms in total. The van der Waals surface area contributed by atoms with Crippen LogP contribution in [0.2, 0.25) is 0 Å². The molecule has 54 valence electrons. The molecule has 0 aliphatic carbocycles. The van der Waals surface area contributed by atoms with E-state index >= 15 is 0 Å². The van der Waals surface area contributed by atoms with E-state index in [4.69, 9.17) is 0 Å². The Kier molecular flexibility index (Phi) is 2.37. The molecule has 0 aromatic heterocycles. The van der Waals surface area contributed by atoms with Crippen molar-refractivity contribution in [3.8, 4) is 0 Å².